The molecule has 2 unspecified atom stereocenters. The van der Waals surface area contributed by atoms with Gasteiger partial charge in [0, 0.05) is 12.1 Å². The van der Waals surface area contributed by atoms with Crippen molar-refractivity contribution in [3.8, 4) is 0 Å². The number of aromatic nitrogens is 2. The molecule has 4 nitrogen and oxygen atoms in total. The van der Waals surface area contributed by atoms with Crippen LogP contribution in [0.4, 0.5) is 5.82 Å². The third-order valence-electron chi connectivity index (χ3n) is 3.41. The third-order valence-corrected chi connectivity index (χ3v) is 3.62. The first-order valence-corrected chi connectivity index (χ1v) is 6.44. The van der Waals surface area contributed by atoms with Gasteiger partial charge in [-0.15, -0.1) is 0 Å². The van der Waals surface area contributed by atoms with Crippen LogP contribution in [-0.2, 0) is 0 Å². The summed E-state index contributed by atoms with van der Waals surface area (Å²) in [6, 6.07) is 1.11. The first kappa shape index (κ1) is 12.2. The molecule has 1 aromatic rings. The molecular formula is C12H18N4S. The number of nitrogens with zero attached hydrogens (tertiary/aromatic N) is 3. The first-order chi connectivity index (χ1) is 8.13. The van der Waals surface area contributed by atoms with E-state index in [9.17, 15) is 0 Å². The topological polar surface area (TPSA) is 55.0 Å². The van der Waals surface area contributed by atoms with Gasteiger partial charge in [-0.25, -0.2) is 9.97 Å². The van der Waals surface area contributed by atoms with Crippen molar-refractivity contribution in [2.24, 2.45) is 5.73 Å². The van der Waals surface area contributed by atoms with E-state index in [-0.39, 0.29) is 0 Å². The summed E-state index contributed by atoms with van der Waals surface area (Å²) in [7, 11) is 0. The Morgan fingerprint density at radius 2 is 2.24 bits per heavy atom. The number of hydrogen-bond acceptors (Lipinski definition) is 4. The first-order valence-electron chi connectivity index (χ1n) is 6.03. The van der Waals surface area contributed by atoms with Crippen LogP contribution in [-0.4, -0.2) is 27.0 Å². The van der Waals surface area contributed by atoms with E-state index in [2.05, 4.69) is 28.7 Å². The van der Waals surface area contributed by atoms with Crippen LogP contribution < -0.4 is 10.6 Å². The normalized spacial score (nSPS) is 24.0. The summed E-state index contributed by atoms with van der Waals surface area (Å²) in [6.07, 6.45) is 7.03. The fourth-order valence-electron chi connectivity index (χ4n) is 2.47. The Labute approximate surface area is 107 Å². The largest absolute Gasteiger partial charge is 0.388 e. The summed E-state index contributed by atoms with van der Waals surface area (Å²) in [6.45, 7) is 4.45. The molecule has 0 saturated carbocycles. The van der Waals surface area contributed by atoms with Crippen molar-refractivity contribution in [1.82, 2.24) is 9.97 Å². The van der Waals surface area contributed by atoms with E-state index in [0.29, 0.717) is 22.8 Å². The summed E-state index contributed by atoms with van der Waals surface area (Å²) >= 11 is 4.87. The molecule has 92 valence electrons. The highest BCUT2D eigenvalue weighted by Crippen LogP contribution is 2.30. The lowest BCUT2D eigenvalue weighted by Crippen LogP contribution is -2.35. The van der Waals surface area contributed by atoms with Crippen molar-refractivity contribution in [2.75, 3.05) is 4.90 Å². The Morgan fingerprint density at radius 1 is 1.47 bits per heavy atom. The minimum Gasteiger partial charge on any atom is -0.388 e. The van der Waals surface area contributed by atoms with Gasteiger partial charge in [-0.2, -0.15) is 0 Å². The van der Waals surface area contributed by atoms with Crippen LogP contribution in [0.3, 0.4) is 0 Å². The molecule has 1 saturated heterocycles. The smallest absolute Gasteiger partial charge is 0.147 e. The molecule has 2 rings (SSSR count). The van der Waals surface area contributed by atoms with Crippen molar-refractivity contribution in [2.45, 2.75) is 45.2 Å². The maximum absolute atomic E-state index is 5.51. The van der Waals surface area contributed by atoms with E-state index in [1.54, 1.807) is 12.4 Å². The second-order valence-electron chi connectivity index (χ2n) is 4.52. The highest BCUT2D eigenvalue weighted by molar-refractivity contribution is 7.80. The van der Waals surface area contributed by atoms with Crippen LogP contribution in [0.15, 0.2) is 12.4 Å². The second-order valence-corrected chi connectivity index (χ2v) is 4.96. The molecule has 1 fully saturated rings. The van der Waals surface area contributed by atoms with Gasteiger partial charge in [0.1, 0.15) is 16.5 Å². The molecular weight excluding hydrogens is 232 g/mol. The van der Waals surface area contributed by atoms with Gasteiger partial charge in [0.15, 0.2) is 0 Å². The number of nitrogens with two attached hydrogens (primary N) is 1. The third kappa shape index (κ3) is 2.39. The summed E-state index contributed by atoms with van der Waals surface area (Å²) in [5.74, 6) is 0.932. The number of anilines is 1. The molecule has 0 aromatic carbocycles. The quantitative estimate of drug-likeness (QED) is 0.830. The zero-order valence-electron chi connectivity index (χ0n) is 10.3. The number of thiocarbonyl (C=S) groups is 1. The van der Waals surface area contributed by atoms with Crippen molar-refractivity contribution in [3.05, 3.63) is 18.1 Å². The fourth-order valence-corrected chi connectivity index (χ4v) is 2.57. The van der Waals surface area contributed by atoms with E-state index in [4.69, 9.17) is 18.0 Å². The Balaban J connectivity index is 2.24. The maximum Gasteiger partial charge on any atom is 0.147 e. The van der Waals surface area contributed by atoms with Crippen LogP contribution in [0.5, 0.6) is 0 Å². The summed E-state index contributed by atoms with van der Waals surface area (Å²) in [4.78, 5) is 11.3. The zero-order valence-corrected chi connectivity index (χ0v) is 11.1. The summed E-state index contributed by atoms with van der Waals surface area (Å²) < 4.78 is 0. The number of rotatable bonds is 3. The SMILES string of the molecule is CCC1CCC(C)N1c1cnc(C(N)=S)cn1. The fraction of sp³-hybridized carbons (Fsp3) is 0.583. The molecule has 2 atom stereocenters. The highest BCUT2D eigenvalue weighted by Gasteiger charge is 2.30. The van der Waals surface area contributed by atoms with Gasteiger partial charge in [0.05, 0.1) is 12.4 Å². The minimum absolute atomic E-state index is 0.297. The Kier molecular flexibility index (Phi) is 3.57. The van der Waals surface area contributed by atoms with Gasteiger partial charge >= 0.3 is 0 Å². The van der Waals surface area contributed by atoms with E-state index in [0.717, 1.165) is 12.2 Å². The van der Waals surface area contributed by atoms with Crippen LogP contribution in [0.25, 0.3) is 0 Å². The average Bonchev–Trinajstić information content (AvgIpc) is 2.70. The van der Waals surface area contributed by atoms with Crippen molar-refractivity contribution in [3.63, 3.8) is 0 Å². The average molecular weight is 250 g/mol. The molecule has 17 heavy (non-hydrogen) atoms. The van der Waals surface area contributed by atoms with Gasteiger partial charge in [0.25, 0.3) is 0 Å². The molecule has 0 bridgehead atoms. The van der Waals surface area contributed by atoms with Crippen molar-refractivity contribution < 1.29 is 0 Å². The maximum atomic E-state index is 5.51. The number of hydrogen-bond donors (Lipinski definition) is 1. The molecule has 2 N–H and O–H groups in total. The van der Waals surface area contributed by atoms with Crippen LogP contribution in [0.2, 0.25) is 0 Å². The van der Waals surface area contributed by atoms with E-state index in [1.165, 1.54) is 12.8 Å². The Hall–Kier alpha value is -1.23. The molecule has 0 radical (unpaired) electrons. The lowest BCUT2D eigenvalue weighted by molar-refractivity contribution is 0.620. The molecule has 5 heteroatoms. The monoisotopic (exact) mass is 250 g/mol. The molecule has 0 aliphatic carbocycles. The lowest BCUT2D eigenvalue weighted by Gasteiger charge is -2.28. The Morgan fingerprint density at radius 3 is 2.76 bits per heavy atom. The minimum atomic E-state index is 0.297. The predicted octanol–water partition coefficient (Wildman–Crippen LogP) is 1.88. The van der Waals surface area contributed by atoms with Crippen LogP contribution in [0, 0.1) is 0 Å². The van der Waals surface area contributed by atoms with Crippen molar-refractivity contribution in [1.29, 1.82) is 0 Å². The van der Waals surface area contributed by atoms with Gasteiger partial charge in [-0.1, -0.05) is 19.1 Å². The van der Waals surface area contributed by atoms with Gasteiger partial charge < -0.3 is 10.6 Å². The van der Waals surface area contributed by atoms with E-state index >= 15 is 0 Å². The summed E-state index contributed by atoms with van der Waals surface area (Å²) in [5.41, 5.74) is 6.10. The molecule has 0 spiro atoms. The Bertz CT molecular complexity index is 403. The second kappa shape index (κ2) is 4.96. The van der Waals surface area contributed by atoms with Gasteiger partial charge in [-0.3, -0.25) is 0 Å². The van der Waals surface area contributed by atoms with Gasteiger partial charge in [-0.05, 0) is 26.2 Å². The standard InChI is InChI=1S/C12H18N4S/c1-3-9-5-4-8(2)16(9)11-7-14-10(6-15-11)12(13)17/h6-9H,3-5H2,1-2H3,(H2,13,17). The predicted molar refractivity (Wildman–Crippen MR) is 73.2 cm³/mol. The highest BCUT2D eigenvalue weighted by atomic mass is 32.1. The van der Waals surface area contributed by atoms with Gasteiger partial charge in [0.2, 0.25) is 0 Å². The van der Waals surface area contributed by atoms with Crippen LogP contribution in [0.1, 0.15) is 38.8 Å². The zero-order chi connectivity index (χ0) is 12.4. The summed E-state index contributed by atoms with van der Waals surface area (Å²) in [5, 5.41) is 0. The lowest BCUT2D eigenvalue weighted by atomic mass is 10.1. The van der Waals surface area contributed by atoms with E-state index < -0.39 is 0 Å². The van der Waals surface area contributed by atoms with E-state index in [1.807, 2.05) is 0 Å². The molecule has 0 amide bonds. The van der Waals surface area contributed by atoms with Crippen molar-refractivity contribution >= 4 is 23.0 Å². The molecule has 1 aliphatic rings. The molecule has 2 heterocycles. The molecule has 1 aromatic heterocycles. The molecule has 1 aliphatic heterocycles. The van der Waals surface area contributed by atoms with Crippen LogP contribution >= 0.6 is 12.2 Å².